The van der Waals surface area contributed by atoms with E-state index in [1.54, 1.807) is 0 Å². The van der Waals surface area contributed by atoms with Gasteiger partial charge in [-0.25, -0.2) is 8.42 Å². The summed E-state index contributed by atoms with van der Waals surface area (Å²) in [5.41, 5.74) is 4.72. The Morgan fingerprint density at radius 2 is 1.76 bits per heavy atom. The Labute approximate surface area is 146 Å². The lowest BCUT2D eigenvalue weighted by atomic mass is 10.2. The summed E-state index contributed by atoms with van der Waals surface area (Å²) in [6.07, 6.45) is 4.16. The summed E-state index contributed by atoms with van der Waals surface area (Å²) in [7, 11) is -3.33. The van der Waals surface area contributed by atoms with E-state index in [2.05, 4.69) is 10.9 Å². The average Bonchev–Trinajstić information content (AvgIpc) is 2.77. The molecule has 1 fully saturated rings. The summed E-state index contributed by atoms with van der Waals surface area (Å²) in [6, 6.07) is 5.36. The van der Waals surface area contributed by atoms with Crippen LogP contribution in [0.25, 0.3) is 0 Å². The molecule has 136 valence electrons. The Hall–Kier alpha value is -2.42. The highest BCUT2D eigenvalue weighted by Crippen LogP contribution is 2.11. The summed E-state index contributed by atoms with van der Waals surface area (Å²) >= 11 is 0. The van der Waals surface area contributed by atoms with E-state index < -0.39 is 21.7 Å². The lowest BCUT2D eigenvalue weighted by Gasteiger charge is -2.19. The second kappa shape index (κ2) is 8.11. The first-order valence-corrected chi connectivity index (χ1v) is 9.83. The number of nitrogens with one attached hydrogen (secondary N) is 2. The fourth-order valence-corrected chi connectivity index (χ4v) is 3.10. The summed E-state index contributed by atoms with van der Waals surface area (Å²) in [5.74, 6) is -1.12. The third-order valence-electron chi connectivity index (χ3n) is 3.87. The highest BCUT2D eigenvalue weighted by atomic mass is 32.2. The number of carbonyl (C=O) groups is 3. The Morgan fingerprint density at radius 1 is 1.08 bits per heavy atom. The summed E-state index contributed by atoms with van der Waals surface area (Å²) in [4.78, 5) is 37.3. The zero-order valence-electron chi connectivity index (χ0n) is 13.9. The standard InChI is InChI=1S/C16H21N3O5S/c1-25(23,24)13-8-6-12(7-9-13)16(22)18-17-14(20)11-19-10-4-2-3-5-15(19)21/h6-9H,2-5,10-11H2,1H3,(H,17,20)(H,18,22). The second-order valence-corrected chi connectivity index (χ2v) is 7.94. The number of hydrogen-bond acceptors (Lipinski definition) is 5. The van der Waals surface area contributed by atoms with Crippen LogP contribution in [-0.2, 0) is 19.4 Å². The highest BCUT2D eigenvalue weighted by Gasteiger charge is 2.19. The topological polar surface area (TPSA) is 113 Å². The van der Waals surface area contributed by atoms with E-state index in [0.29, 0.717) is 13.0 Å². The molecule has 1 aromatic rings. The SMILES string of the molecule is CS(=O)(=O)c1ccc(C(=O)NNC(=O)CN2CCCCCC2=O)cc1. The number of hydrogen-bond donors (Lipinski definition) is 2. The Bertz CT molecular complexity index is 758. The van der Waals surface area contributed by atoms with Gasteiger partial charge in [0.15, 0.2) is 9.84 Å². The first-order valence-electron chi connectivity index (χ1n) is 7.94. The van der Waals surface area contributed by atoms with Gasteiger partial charge in [-0.2, -0.15) is 0 Å². The van der Waals surface area contributed by atoms with Gasteiger partial charge in [0.1, 0.15) is 6.54 Å². The number of likely N-dealkylation sites (tertiary alicyclic amines) is 1. The molecular formula is C16H21N3O5S. The molecule has 0 spiro atoms. The predicted octanol–water partition coefficient (Wildman–Crippen LogP) is 0.254. The van der Waals surface area contributed by atoms with Crippen LogP contribution >= 0.6 is 0 Å². The maximum atomic E-state index is 12.0. The highest BCUT2D eigenvalue weighted by molar-refractivity contribution is 7.90. The van der Waals surface area contributed by atoms with Gasteiger partial charge in [0.25, 0.3) is 11.8 Å². The molecule has 0 aliphatic carbocycles. The maximum Gasteiger partial charge on any atom is 0.269 e. The molecule has 1 aliphatic heterocycles. The molecule has 0 unspecified atom stereocenters. The van der Waals surface area contributed by atoms with Gasteiger partial charge in [0.2, 0.25) is 5.91 Å². The van der Waals surface area contributed by atoms with Crippen molar-refractivity contribution in [1.82, 2.24) is 15.8 Å². The first kappa shape index (κ1) is 18.9. The Balaban J connectivity index is 1.86. The van der Waals surface area contributed by atoms with Crippen LogP contribution in [0.4, 0.5) is 0 Å². The van der Waals surface area contributed by atoms with Crippen molar-refractivity contribution in [2.24, 2.45) is 0 Å². The number of rotatable bonds is 4. The quantitative estimate of drug-likeness (QED) is 0.741. The smallest absolute Gasteiger partial charge is 0.269 e. The number of nitrogens with zero attached hydrogens (tertiary/aromatic N) is 1. The molecule has 3 amide bonds. The van der Waals surface area contributed by atoms with Crippen LogP contribution in [0.3, 0.4) is 0 Å². The molecule has 25 heavy (non-hydrogen) atoms. The molecule has 0 bridgehead atoms. The molecule has 9 heteroatoms. The average molecular weight is 367 g/mol. The van der Waals surface area contributed by atoms with Gasteiger partial charge >= 0.3 is 0 Å². The molecule has 0 radical (unpaired) electrons. The van der Waals surface area contributed by atoms with Crippen molar-refractivity contribution >= 4 is 27.6 Å². The van der Waals surface area contributed by atoms with E-state index >= 15 is 0 Å². The molecule has 1 aliphatic rings. The Morgan fingerprint density at radius 3 is 2.40 bits per heavy atom. The summed E-state index contributed by atoms with van der Waals surface area (Å²) < 4.78 is 22.8. The summed E-state index contributed by atoms with van der Waals surface area (Å²) in [6.45, 7) is 0.430. The van der Waals surface area contributed by atoms with Crippen molar-refractivity contribution in [3.63, 3.8) is 0 Å². The molecule has 0 aromatic heterocycles. The number of amides is 3. The number of sulfone groups is 1. The molecule has 1 heterocycles. The zero-order valence-corrected chi connectivity index (χ0v) is 14.8. The second-order valence-electron chi connectivity index (χ2n) is 5.92. The molecule has 0 atom stereocenters. The predicted molar refractivity (Wildman–Crippen MR) is 90.2 cm³/mol. The largest absolute Gasteiger partial charge is 0.333 e. The van der Waals surface area contributed by atoms with E-state index in [9.17, 15) is 22.8 Å². The molecular weight excluding hydrogens is 346 g/mol. The first-order chi connectivity index (χ1) is 11.8. The van der Waals surface area contributed by atoms with Gasteiger partial charge in [0, 0.05) is 24.8 Å². The lowest BCUT2D eigenvalue weighted by Crippen LogP contribution is -2.47. The van der Waals surface area contributed by atoms with Gasteiger partial charge in [0.05, 0.1) is 4.90 Å². The van der Waals surface area contributed by atoms with Crippen LogP contribution in [0.2, 0.25) is 0 Å². The van der Waals surface area contributed by atoms with Gasteiger partial charge in [-0.3, -0.25) is 25.2 Å². The molecule has 2 N–H and O–H groups in total. The van der Waals surface area contributed by atoms with Crippen molar-refractivity contribution in [3.8, 4) is 0 Å². The van der Waals surface area contributed by atoms with E-state index in [-0.39, 0.29) is 22.9 Å². The fraction of sp³-hybridized carbons (Fsp3) is 0.438. The molecule has 2 rings (SSSR count). The minimum Gasteiger partial charge on any atom is -0.333 e. The number of carbonyl (C=O) groups excluding carboxylic acids is 3. The van der Waals surface area contributed by atoms with Crippen LogP contribution in [0.15, 0.2) is 29.2 Å². The van der Waals surface area contributed by atoms with Crippen molar-refractivity contribution in [1.29, 1.82) is 0 Å². The van der Waals surface area contributed by atoms with E-state index in [0.717, 1.165) is 25.5 Å². The molecule has 1 saturated heterocycles. The minimum absolute atomic E-state index is 0.0599. The van der Waals surface area contributed by atoms with Crippen molar-refractivity contribution in [2.75, 3.05) is 19.3 Å². The van der Waals surface area contributed by atoms with Gasteiger partial charge in [-0.05, 0) is 37.1 Å². The van der Waals surface area contributed by atoms with Crippen molar-refractivity contribution < 1.29 is 22.8 Å². The van der Waals surface area contributed by atoms with Gasteiger partial charge < -0.3 is 4.90 Å². The van der Waals surface area contributed by atoms with E-state index in [4.69, 9.17) is 0 Å². The summed E-state index contributed by atoms with van der Waals surface area (Å²) in [5, 5.41) is 0. The molecule has 0 saturated carbocycles. The number of hydrazine groups is 1. The normalized spacial score (nSPS) is 15.4. The molecule has 1 aromatic carbocycles. The maximum absolute atomic E-state index is 12.0. The van der Waals surface area contributed by atoms with E-state index in [1.807, 2.05) is 0 Å². The zero-order chi connectivity index (χ0) is 18.4. The van der Waals surface area contributed by atoms with Gasteiger partial charge in [-0.1, -0.05) is 6.42 Å². The van der Waals surface area contributed by atoms with Crippen LogP contribution in [0.1, 0.15) is 36.0 Å². The third-order valence-corrected chi connectivity index (χ3v) is 4.99. The minimum atomic E-state index is -3.33. The van der Waals surface area contributed by atoms with Crippen LogP contribution < -0.4 is 10.9 Å². The van der Waals surface area contributed by atoms with Crippen molar-refractivity contribution in [3.05, 3.63) is 29.8 Å². The van der Waals surface area contributed by atoms with Crippen LogP contribution in [0, 0.1) is 0 Å². The molecule has 8 nitrogen and oxygen atoms in total. The number of benzene rings is 1. The third kappa shape index (κ3) is 5.56. The van der Waals surface area contributed by atoms with Crippen LogP contribution in [-0.4, -0.2) is 50.4 Å². The fourth-order valence-electron chi connectivity index (χ4n) is 2.47. The van der Waals surface area contributed by atoms with Gasteiger partial charge in [-0.15, -0.1) is 0 Å². The van der Waals surface area contributed by atoms with Crippen molar-refractivity contribution in [2.45, 2.75) is 30.6 Å². The lowest BCUT2D eigenvalue weighted by molar-refractivity contribution is -0.135. The van der Waals surface area contributed by atoms with E-state index in [1.165, 1.54) is 29.2 Å². The Kier molecular flexibility index (Phi) is 6.13. The monoisotopic (exact) mass is 367 g/mol. The van der Waals surface area contributed by atoms with Crippen LogP contribution in [0.5, 0.6) is 0 Å².